The van der Waals surface area contributed by atoms with Gasteiger partial charge in [0.1, 0.15) is 5.82 Å². The second kappa shape index (κ2) is 10.5. The van der Waals surface area contributed by atoms with Gasteiger partial charge in [0.15, 0.2) is 5.76 Å². The zero-order chi connectivity index (χ0) is 24.1. The van der Waals surface area contributed by atoms with Crippen LogP contribution in [0.5, 0.6) is 0 Å². The van der Waals surface area contributed by atoms with Crippen molar-refractivity contribution in [1.82, 2.24) is 15.8 Å². The maximum absolute atomic E-state index is 13.1. The van der Waals surface area contributed by atoms with Crippen molar-refractivity contribution >= 4 is 5.91 Å². The number of carbonyl (C=O) groups is 1. The average Bonchev–Trinajstić information content (AvgIpc) is 3.28. The molecule has 2 N–H and O–H groups in total. The molecule has 1 aliphatic rings. The van der Waals surface area contributed by atoms with Crippen molar-refractivity contribution in [3.05, 3.63) is 77.2 Å². The second-order valence-electron chi connectivity index (χ2n) is 10.3. The summed E-state index contributed by atoms with van der Waals surface area (Å²) in [5, 5.41) is 10.8. The summed E-state index contributed by atoms with van der Waals surface area (Å²) >= 11 is 0. The molecule has 0 saturated carbocycles. The van der Waals surface area contributed by atoms with Crippen molar-refractivity contribution in [2.24, 2.45) is 11.8 Å². The lowest BCUT2D eigenvalue weighted by Crippen LogP contribution is -2.40. The van der Waals surface area contributed by atoms with Crippen molar-refractivity contribution in [1.29, 1.82) is 0 Å². The van der Waals surface area contributed by atoms with Crippen LogP contribution < -0.4 is 10.6 Å². The molecule has 2 heterocycles. The minimum Gasteiger partial charge on any atom is -0.356 e. The predicted octanol–water partition coefficient (Wildman–Crippen LogP) is 5.25. The molecule has 34 heavy (non-hydrogen) atoms. The normalized spacial score (nSPS) is 18.6. The van der Waals surface area contributed by atoms with E-state index in [0.717, 1.165) is 48.5 Å². The van der Waals surface area contributed by atoms with Gasteiger partial charge in [-0.3, -0.25) is 4.79 Å². The van der Waals surface area contributed by atoms with Crippen LogP contribution in [0.25, 0.3) is 11.3 Å². The third-order valence-corrected chi connectivity index (χ3v) is 6.68. The molecule has 0 bridgehead atoms. The van der Waals surface area contributed by atoms with E-state index in [4.69, 9.17) is 4.52 Å². The number of hydrogen-bond donors (Lipinski definition) is 2. The Balaban J connectivity index is 1.34. The van der Waals surface area contributed by atoms with Gasteiger partial charge in [0.2, 0.25) is 5.91 Å². The zero-order valence-corrected chi connectivity index (χ0v) is 20.2. The van der Waals surface area contributed by atoms with Gasteiger partial charge in [-0.25, -0.2) is 4.39 Å². The fourth-order valence-electron chi connectivity index (χ4n) is 4.55. The van der Waals surface area contributed by atoms with Crippen LogP contribution in [0.2, 0.25) is 0 Å². The van der Waals surface area contributed by atoms with Crippen LogP contribution in [0.3, 0.4) is 0 Å². The van der Waals surface area contributed by atoms with Gasteiger partial charge < -0.3 is 15.2 Å². The van der Waals surface area contributed by atoms with E-state index < -0.39 is 0 Å². The Hall–Kier alpha value is -2.99. The molecule has 1 saturated heterocycles. The molecule has 0 spiro atoms. The van der Waals surface area contributed by atoms with Crippen molar-refractivity contribution in [2.45, 2.75) is 52.0 Å². The Morgan fingerprint density at radius 2 is 1.85 bits per heavy atom. The van der Waals surface area contributed by atoms with Crippen LogP contribution in [0.4, 0.5) is 4.39 Å². The number of nitrogens with one attached hydrogen (secondary N) is 2. The van der Waals surface area contributed by atoms with E-state index in [1.165, 1.54) is 17.7 Å². The second-order valence-corrected chi connectivity index (χ2v) is 10.3. The third kappa shape index (κ3) is 6.32. The van der Waals surface area contributed by atoms with Crippen LogP contribution in [0.1, 0.15) is 50.4 Å². The molecule has 1 amide bonds. The molecule has 2 aromatic carbocycles. The van der Waals surface area contributed by atoms with Gasteiger partial charge >= 0.3 is 0 Å². The molecule has 0 aliphatic carbocycles. The quantitative estimate of drug-likeness (QED) is 0.502. The van der Waals surface area contributed by atoms with Crippen LogP contribution in [-0.4, -0.2) is 24.2 Å². The molecule has 1 aliphatic heterocycles. The van der Waals surface area contributed by atoms with Gasteiger partial charge in [0, 0.05) is 24.6 Å². The van der Waals surface area contributed by atoms with Crippen molar-refractivity contribution < 1.29 is 13.7 Å². The standard InChI is InChI=1S/C28H34FN3O2/c1-28(2,3)23-8-6-20(7-9-23)26-16-25(32-34-26)14-22-18-30-13-12-21(22)15-27(33)31-17-19-4-10-24(29)11-5-19/h4-11,16,21-22,30H,12-15,17-18H2,1-3H3,(H,31,33)/t21-,22-/m0/s1. The molecule has 3 aromatic rings. The molecule has 1 fully saturated rings. The maximum atomic E-state index is 13.1. The van der Waals surface area contributed by atoms with Gasteiger partial charge in [-0.15, -0.1) is 0 Å². The summed E-state index contributed by atoms with van der Waals surface area (Å²) in [5.74, 6) is 1.12. The van der Waals surface area contributed by atoms with Crippen molar-refractivity contribution in [2.75, 3.05) is 13.1 Å². The third-order valence-electron chi connectivity index (χ3n) is 6.68. The van der Waals surface area contributed by atoms with Gasteiger partial charge in [0.05, 0.1) is 5.69 Å². The predicted molar refractivity (Wildman–Crippen MR) is 132 cm³/mol. The molecule has 0 unspecified atom stereocenters. The fourth-order valence-corrected chi connectivity index (χ4v) is 4.55. The molecular weight excluding hydrogens is 429 g/mol. The molecule has 0 radical (unpaired) electrons. The molecule has 6 heteroatoms. The van der Waals surface area contributed by atoms with E-state index >= 15 is 0 Å². The highest BCUT2D eigenvalue weighted by Crippen LogP contribution is 2.29. The minimum atomic E-state index is -0.273. The Kier molecular flexibility index (Phi) is 7.47. The number of carbonyl (C=O) groups excluding carboxylic acids is 1. The smallest absolute Gasteiger partial charge is 0.220 e. The van der Waals surface area contributed by atoms with Gasteiger partial charge in [-0.1, -0.05) is 62.3 Å². The maximum Gasteiger partial charge on any atom is 0.220 e. The Bertz CT molecular complexity index is 1080. The lowest BCUT2D eigenvalue weighted by Gasteiger charge is -2.31. The zero-order valence-electron chi connectivity index (χ0n) is 20.2. The van der Waals surface area contributed by atoms with Gasteiger partial charge in [-0.05, 0) is 66.4 Å². The number of nitrogens with zero attached hydrogens (tertiary/aromatic N) is 1. The summed E-state index contributed by atoms with van der Waals surface area (Å²) in [6.07, 6.45) is 2.20. The Morgan fingerprint density at radius 1 is 1.12 bits per heavy atom. The monoisotopic (exact) mass is 463 g/mol. The minimum absolute atomic E-state index is 0.0287. The number of aromatic nitrogens is 1. The largest absolute Gasteiger partial charge is 0.356 e. The van der Waals surface area contributed by atoms with E-state index in [1.54, 1.807) is 12.1 Å². The first kappa shape index (κ1) is 24.1. The highest BCUT2D eigenvalue weighted by Gasteiger charge is 2.28. The van der Waals surface area contributed by atoms with E-state index in [2.05, 4.69) is 60.8 Å². The molecule has 1 aromatic heterocycles. The summed E-state index contributed by atoms with van der Waals surface area (Å²) in [7, 11) is 0. The highest BCUT2D eigenvalue weighted by atomic mass is 19.1. The number of amides is 1. The first-order chi connectivity index (χ1) is 16.3. The van der Waals surface area contributed by atoms with Gasteiger partial charge in [-0.2, -0.15) is 0 Å². The number of piperidine rings is 1. The topological polar surface area (TPSA) is 67.2 Å². The number of rotatable bonds is 7. The highest BCUT2D eigenvalue weighted by molar-refractivity contribution is 5.76. The number of halogens is 1. The first-order valence-electron chi connectivity index (χ1n) is 12.1. The summed E-state index contributed by atoms with van der Waals surface area (Å²) < 4.78 is 18.7. The molecule has 4 rings (SSSR count). The molecule has 5 nitrogen and oxygen atoms in total. The van der Waals surface area contributed by atoms with Gasteiger partial charge in [0.25, 0.3) is 0 Å². The molecule has 2 atom stereocenters. The summed E-state index contributed by atoms with van der Waals surface area (Å²) in [6, 6.07) is 16.7. The van der Waals surface area contributed by atoms with Crippen molar-refractivity contribution in [3.8, 4) is 11.3 Å². The van der Waals surface area contributed by atoms with E-state index in [9.17, 15) is 9.18 Å². The number of hydrogen-bond acceptors (Lipinski definition) is 4. The van der Waals surface area contributed by atoms with Crippen LogP contribution in [0.15, 0.2) is 59.1 Å². The summed E-state index contributed by atoms with van der Waals surface area (Å²) in [6.45, 7) is 8.79. The lowest BCUT2D eigenvalue weighted by molar-refractivity contribution is -0.122. The van der Waals surface area contributed by atoms with Crippen LogP contribution >= 0.6 is 0 Å². The first-order valence-corrected chi connectivity index (χ1v) is 12.1. The van der Waals surface area contributed by atoms with Crippen LogP contribution in [-0.2, 0) is 23.2 Å². The summed E-state index contributed by atoms with van der Waals surface area (Å²) in [5.41, 5.74) is 4.22. The lowest BCUT2D eigenvalue weighted by atomic mass is 9.81. The van der Waals surface area contributed by atoms with E-state index in [-0.39, 0.29) is 23.1 Å². The molecular formula is C28H34FN3O2. The van der Waals surface area contributed by atoms with Crippen LogP contribution in [0, 0.1) is 17.7 Å². The van der Waals surface area contributed by atoms with E-state index in [0.29, 0.717) is 18.9 Å². The summed E-state index contributed by atoms with van der Waals surface area (Å²) in [4.78, 5) is 12.6. The molecule has 180 valence electrons. The number of benzene rings is 2. The Morgan fingerprint density at radius 3 is 2.56 bits per heavy atom. The average molecular weight is 464 g/mol. The fraction of sp³-hybridized carbons (Fsp3) is 0.429. The van der Waals surface area contributed by atoms with Crippen molar-refractivity contribution in [3.63, 3.8) is 0 Å². The Labute approximate surface area is 201 Å². The SMILES string of the molecule is CC(C)(C)c1ccc(-c2cc(C[C@H]3CNCC[C@H]3CC(=O)NCc3ccc(F)cc3)no2)cc1. The van der Waals surface area contributed by atoms with E-state index in [1.807, 2.05) is 6.07 Å².